The molecule has 0 fully saturated rings. The van der Waals surface area contributed by atoms with E-state index in [9.17, 15) is 0 Å². The molecule has 41 valence electrons. The maximum atomic E-state index is 0. The minimum Gasteiger partial charge on any atom is -2.00 e. The topological polar surface area (TPSA) is 0 Å². The molecule has 0 aliphatic heterocycles. The van der Waals surface area contributed by atoms with Crippen LogP contribution in [0.2, 0.25) is 0 Å². The fraction of sp³-hybridized carbons (Fsp3) is 0. The first-order valence-corrected chi connectivity index (χ1v) is 0. The van der Waals surface area contributed by atoms with Crippen molar-refractivity contribution in [2.24, 2.45) is 0 Å². The Morgan fingerprint density at radius 1 is 0.571 bits per heavy atom. The van der Waals surface area contributed by atoms with Gasteiger partial charge in [-0.3, -0.25) is 0 Å². The normalized spacial score (nSPS) is 0. The van der Waals surface area contributed by atoms with Gasteiger partial charge in [0.2, 0.25) is 0 Å². The summed E-state index contributed by atoms with van der Waals surface area (Å²) in [7, 11) is 0. The van der Waals surface area contributed by atoms with E-state index in [0.717, 1.165) is 0 Å². The smallest absolute Gasteiger partial charge is 2.00 e. The van der Waals surface area contributed by atoms with Crippen LogP contribution in [0, 0.1) is 0 Å². The van der Waals surface area contributed by atoms with Crippen molar-refractivity contribution in [2.75, 3.05) is 0 Å². The van der Waals surface area contributed by atoms with Crippen molar-refractivity contribution in [2.45, 2.75) is 0 Å². The molecule has 0 rings (SSSR count). The molecule has 0 atom stereocenters. The summed E-state index contributed by atoms with van der Waals surface area (Å²) in [6, 6.07) is 0. The fourth-order valence-electron chi connectivity index (χ4n) is 0. The van der Waals surface area contributed by atoms with E-state index in [4.69, 9.17) is 0 Å². The van der Waals surface area contributed by atoms with Gasteiger partial charge in [-0.15, -0.1) is 0 Å². The summed E-state index contributed by atoms with van der Waals surface area (Å²) in [6.07, 6.45) is 0. The van der Waals surface area contributed by atoms with Crippen molar-refractivity contribution < 1.29 is 17.1 Å². The van der Waals surface area contributed by atoms with E-state index in [1.165, 1.54) is 0 Å². The summed E-state index contributed by atoms with van der Waals surface area (Å²) >= 11 is 0. The fourth-order valence-corrected chi connectivity index (χ4v) is 0. The second kappa shape index (κ2) is 52.9. The van der Waals surface area contributed by atoms with Gasteiger partial charge in [0.05, 0.1) is 0 Å². The zero-order valence-corrected chi connectivity index (χ0v) is 14.5. The van der Waals surface area contributed by atoms with E-state index < -0.39 is 0 Å². The molecular weight excluding hydrogens is 476 g/mol. The van der Waals surface area contributed by atoms with Crippen molar-refractivity contribution in [1.82, 2.24) is 0 Å². The molecule has 0 aromatic heterocycles. The van der Waals surface area contributed by atoms with E-state index in [2.05, 4.69) is 0 Å². The monoisotopic (exact) mass is 479 g/mol. The number of hydrogen-bond acceptors (Lipinski definition) is 0. The third kappa shape index (κ3) is 41.5. The van der Waals surface area contributed by atoms with E-state index >= 15 is 0 Å². The van der Waals surface area contributed by atoms with Crippen LogP contribution in [-0.4, -0.2) is 105 Å². The van der Waals surface area contributed by atoms with Crippen LogP contribution in [0.5, 0.6) is 0 Å². The molecule has 0 N–H and O–H groups in total. The molecule has 0 aromatic rings. The van der Waals surface area contributed by atoms with Gasteiger partial charge < -0.3 is 68.3 Å². The van der Waals surface area contributed by atoms with Crippen LogP contribution >= 0.6 is 0 Å². The Bertz CT molecular complexity index is 11.7. The van der Waals surface area contributed by atoms with Gasteiger partial charge >= 0.3 is 54.2 Å². The van der Waals surface area contributed by atoms with Crippen LogP contribution in [0.1, 0.15) is 0 Å². The molecular formula is AlCuGaSe4. The van der Waals surface area contributed by atoms with Crippen LogP contribution < -0.4 is 0 Å². The standard InChI is InChI=1S/Al.Cu.Ga.4Se/q+3;+2;+3;4*-2. The molecule has 0 saturated carbocycles. The van der Waals surface area contributed by atoms with Gasteiger partial charge in [-0.05, 0) is 0 Å². The molecule has 0 bridgehead atoms. The number of hydrogen-bond donors (Lipinski definition) is 0. The van der Waals surface area contributed by atoms with Crippen LogP contribution in [0.15, 0.2) is 0 Å². The molecule has 7 heavy (non-hydrogen) atoms. The Balaban J connectivity index is 0. The van der Waals surface area contributed by atoms with Crippen LogP contribution in [0.4, 0.5) is 0 Å². The van der Waals surface area contributed by atoms with Gasteiger partial charge in [0.25, 0.3) is 0 Å². The molecule has 1 radical (unpaired) electrons. The van der Waals surface area contributed by atoms with Crippen LogP contribution in [0.25, 0.3) is 0 Å². The van der Waals surface area contributed by atoms with Crippen molar-refractivity contribution in [3.8, 4) is 0 Å². The van der Waals surface area contributed by atoms with E-state index in [1.54, 1.807) is 0 Å². The Morgan fingerprint density at radius 3 is 0.571 bits per heavy atom. The predicted molar refractivity (Wildman–Crippen MR) is 34.5 cm³/mol. The van der Waals surface area contributed by atoms with Crippen LogP contribution in [-0.2, 0) is 17.1 Å². The van der Waals surface area contributed by atoms with Gasteiger partial charge in [0, 0.05) is 0 Å². The van der Waals surface area contributed by atoms with Crippen molar-refractivity contribution in [3.63, 3.8) is 0 Å². The maximum Gasteiger partial charge on any atom is 3.00 e. The van der Waals surface area contributed by atoms with Gasteiger partial charge in [-0.1, -0.05) is 0 Å². The van der Waals surface area contributed by atoms with Crippen molar-refractivity contribution in [3.05, 3.63) is 0 Å². The second-order valence-electron chi connectivity index (χ2n) is 0. The molecule has 0 aromatic carbocycles. The zero-order valence-electron chi connectivity index (χ0n) is 3.09. The van der Waals surface area contributed by atoms with Gasteiger partial charge in [0.1, 0.15) is 0 Å². The Morgan fingerprint density at radius 2 is 0.571 bits per heavy atom. The first kappa shape index (κ1) is 72.4. The van der Waals surface area contributed by atoms with Crippen molar-refractivity contribution in [1.29, 1.82) is 0 Å². The molecule has 0 unspecified atom stereocenters. The molecule has 0 saturated heterocycles. The minimum absolute atomic E-state index is 0. The van der Waals surface area contributed by atoms with Crippen molar-refractivity contribution >= 4 is 105 Å². The average Bonchev–Trinajstić information content (AvgIpc) is 0. The first-order chi connectivity index (χ1) is 0. The molecule has 0 aliphatic rings. The summed E-state index contributed by atoms with van der Waals surface area (Å²) in [6.45, 7) is 0. The molecule has 0 amide bonds. The van der Waals surface area contributed by atoms with Gasteiger partial charge in [0.15, 0.2) is 0 Å². The molecule has 0 nitrogen and oxygen atoms in total. The summed E-state index contributed by atoms with van der Waals surface area (Å²) in [5.41, 5.74) is 0. The first-order valence-electron chi connectivity index (χ1n) is 0. The number of rotatable bonds is 0. The largest absolute Gasteiger partial charge is 3.00 e. The predicted octanol–water partition coefficient (Wildman–Crippen LogP) is -2.29. The summed E-state index contributed by atoms with van der Waals surface area (Å²) in [4.78, 5) is 0. The Hall–Kier alpha value is 3.77. The molecule has 0 aliphatic carbocycles. The average molecular weight is 476 g/mol. The maximum absolute atomic E-state index is 0. The molecule has 0 heterocycles. The Kier molecular flexibility index (Phi) is 547. The Labute approximate surface area is 120 Å². The zero-order chi connectivity index (χ0) is 0. The third-order valence-electron chi connectivity index (χ3n) is 0. The van der Waals surface area contributed by atoms with E-state index in [0.29, 0.717) is 0 Å². The summed E-state index contributed by atoms with van der Waals surface area (Å²) in [5, 5.41) is 0. The van der Waals surface area contributed by atoms with E-state index in [1.807, 2.05) is 0 Å². The van der Waals surface area contributed by atoms with E-state index in [-0.39, 0.29) is 122 Å². The van der Waals surface area contributed by atoms with Gasteiger partial charge in [-0.25, -0.2) is 0 Å². The third-order valence-corrected chi connectivity index (χ3v) is 0. The molecule has 0 spiro atoms. The minimum atomic E-state index is 0. The SMILES string of the molecule is [Al+3].[Cu+2].[Ga+3].[Se-2].[Se-2].[Se-2].[Se-2]. The van der Waals surface area contributed by atoms with Gasteiger partial charge in [-0.2, -0.15) is 0 Å². The molecule has 7 heteroatoms. The summed E-state index contributed by atoms with van der Waals surface area (Å²) in [5.74, 6) is 0. The second-order valence-corrected chi connectivity index (χ2v) is 0. The summed E-state index contributed by atoms with van der Waals surface area (Å²) < 4.78 is 0. The quantitative estimate of drug-likeness (QED) is 0.346. The van der Waals surface area contributed by atoms with Crippen LogP contribution in [0.3, 0.4) is 0 Å².